The molecule has 0 radical (unpaired) electrons. The Bertz CT molecular complexity index is 202. The summed E-state index contributed by atoms with van der Waals surface area (Å²) in [4.78, 5) is 0. The largest absolute Gasteiger partial charge is 0.461 e. The molecule has 0 N–H and O–H groups in total. The van der Waals surface area contributed by atoms with Gasteiger partial charge in [0.05, 0.1) is 11.2 Å². The molecule has 0 bridgehead atoms. The molecule has 0 saturated carbocycles. The smallest absolute Gasteiger partial charge is 0.414 e. The van der Waals surface area contributed by atoms with Crippen LogP contribution in [0.4, 0.5) is 0 Å². The number of ether oxygens (including phenoxy) is 1. The average molecular weight is 214 g/mol. The predicted octanol–water partition coefficient (Wildman–Crippen LogP) is 2.53. The lowest BCUT2D eigenvalue weighted by Crippen LogP contribution is -2.51. The van der Waals surface area contributed by atoms with Gasteiger partial charge in [0, 0.05) is 20.5 Å². The third-order valence-corrected chi connectivity index (χ3v) is 3.01. The minimum atomic E-state index is -0.425. The van der Waals surface area contributed by atoms with E-state index < -0.39 is 5.60 Å². The van der Waals surface area contributed by atoms with Gasteiger partial charge in [0.1, 0.15) is 0 Å². The summed E-state index contributed by atoms with van der Waals surface area (Å²) in [5.41, 5.74) is -0.795. The Morgan fingerprint density at radius 3 is 2.00 bits per heavy atom. The van der Waals surface area contributed by atoms with Crippen molar-refractivity contribution in [1.82, 2.24) is 0 Å². The maximum Gasteiger partial charge on any atom is 0.461 e. The number of hydrogen-bond donors (Lipinski definition) is 0. The van der Waals surface area contributed by atoms with Gasteiger partial charge in [-0.25, -0.2) is 0 Å². The molecule has 0 aromatic carbocycles. The second kappa shape index (κ2) is 5.68. The van der Waals surface area contributed by atoms with Crippen LogP contribution in [0.1, 0.15) is 27.7 Å². The van der Waals surface area contributed by atoms with E-state index in [-0.39, 0.29) is 12.7 Å². The number of methoxy groups -OCH3 is 1. The van der Waals surface area contributed by atoms with Crippen molar-refractivity contribution in [3.8, 4) is 0 Å². The lowest BCUT2D eigenvalue weighted by Gasteiger charge is -2.41. The van der Waals surface area contributed by atoms with E-state index in [1.54, 1.807) is 20.3 Å². The van der Waals surface area contributed by atoms with E-state index in [4.69, 9.17) is 14.0 Å². The van der Waals surface area contributed by atoms with Crippen molar-refractivity contribution in [1.29, 1.82) is 0 Å². The molecule has 88 valence electrons. The number of allylic oxidation sites excluding steroid dienone is 1. The van der Waals surface area contributed by atoms with Crippen LogP contribution < -0.4 is 0 Å². The Balaban J connectivity index is 4.52. The molecular formula is C11H23BO3. The van der Waals surface area contributed by atoms with Gasteiger partial charge in [0.2, 0.25) is 0 Å². The fourth-order valence-corrected chi connectivity index (χ4v) is 1.04. The molecule has 0 atom stereocenters. The van der Waals surface area contributed by atoms with Crippen LogP contribution in [0.25, 0.3) is 0 Å². The molecule has 0 heterocycles. The Kier molecular flexibility index (Phi) is 5.56. The van der Waals surface area contributed by atoms with Gasteiger partial charge in [0.25, 0.3) is 0 Å². The van der Waals surface area contributed by atoms with Gasteiger partial charge >= 0.3 is 7.12 Å². The monoisotopic (exact) mass is 214 g/mol. The molecule has 15 heavy (non-hydrogen) atoms. The lowest BCUT2D eigenvalue weighted by atomic mass is 9.80. The first-order valence-corrected chi connectivity index (χ1v) is 5.17. The molecule has 0 aromatic heterocycles. The van der Waals surface area contributed by atoms with E-state index in [2.05, 4.69) is 6.58 Å². The Hall–Kier alpha value is -0.315. The van der Waals surface area contributed by atoms with Crippen LogP contribution in [0.2, 0.25) is 6.32 Å². The SMILES string of the molecule is C=CCB(OC)OC(C)(C)C(C)(C)OC. The summed E-state index contributed by atoms with van der Waals surface area (Å²) in [6, 6.07) is 0. The predicted molar refractivity (Wildman–Crippen MR) is 64.0 cm³/mol. The van der Waals surface area contributed by atoms with Crippen molar-refractivity contribution in [2.45, 2.75) is 45.2 Å². The normalized spacial score (nSPS) is 12.7. The van der Waals surface area contributed by atoms with Crippen molar-refractivity contribution in [3.05, 3.63) is 12.7 Å². The molecule has 0 aliphatic rings. The molecule has 0 aromatic rings. The van der Waals surface area contributed by atoms with Crippen molar-refractivity contribution in [2.75, 3.05) is 14.2 Å². The molecule has 0 unspecified atom stereocenters. The van der Waals surface area contributed by atoms with Gasteiger partial charge < -0.3 is 14.0 Å². The molecule has 3 nitrogen and oxygen atoms in total. The van der Waals surface area contributed by atoms with Crippen LogP contribution in [0, 0.1) is 0 Å². The molecule has 0 aliphatic heterocycles. The Morgan fingerprint density at radius 1 is 1.13 bits per heavy atom. The highest BCUT2D eigenvalue weighted by atomic mass is 16.6. The minimum Gasteiger partial charge on any atom is -0.414 e. The summed E-state index contributed by atoms with van der Waals surface area (Å²) in [6.07, 6.45) is 2.45. The Labute approximate surface area is 93.9 Å². The van der Waals surface area contributed by atoms with Crippen LogP contribution in [0.3, 0.4) is 0 Å². The van der Waals surface area contributed by atoms with E-state index in [9.17, 15) is 0 Å². The van der Waals surface area contributed by atoms with Gasteiger partial charge in [0.15, 0.2) is 0 Å². The van der Waals surface area contributed by atoms with Crippen LogP contribution >= 0.6 is 0 Å². The zero-order valence-electron chi connectivity index (χ0n) is 10.8. The fourth-order valence-electron chi connectivity index (χ4n) is 1.04. The van der Waals surface area contributed by atoms with Crippen molar-refractivity contribution < 1.29 is 14.0 Å². The second-order valence-electron chi connectivity index (χ2n) is 4.53. The molecule has 0 saturated heterocycles. The minimum absolute atomic E-state index is 0.271. The van der Waals surface area contributed by atoms with E-state index >= 15 is 0 Å². The van der Waals surface area contributed by atoms with Gasteiger partial charge in [-0.15, -0.1) is 6.58 Å². The van der Waals surface area contributed by atoms with Gasteiger partial charge in [-0.2, -0.15) is 0 Å². The van der Waals surface area contributed by atoms with Gasteiger partial charge in [-0.1, -0.05) is 6.08 Å². The van der Waals surface area contributed by atoms with Gasteiger partial charge in [-0.05, 0) is 27.7 Å². The second-order valence-corrected chi connectivity index (χ2v) is 4.53. The first-order valence-electron chi connectivity index (χ1n) is 5.17. The number of hydrogen-bond acceptors (Lipinski definition) is 3. The van der Waals surface area contributed by atoms with Gasteiger partial charge in [-0.3, -0.25) is 0 Å². The highest BCUT2D eigenvalue weighted by molar-refractivity contribution is 6.45. The summed E-state index contributed by atoms with van der Waals surface area (Å²) in [5.74, 6) is 0. The quantitative estimate of drug-likeness (QED) is 0.481. The van der Waals surface area contributed by atoms with Crippen LogP contribution in [0.5, 0.6) is 0 Å². The first-order chi connectivity index (χ1) is 6.80. The summed E-state index contributed by atoms with van der Waals surface area (Å²) >= 11 is 0. The lowest BCUT2D eigenvalue weighted by molar-refractivity contribution is -0.123. The van der Waals surface area contributed by atoms with Crippen LogP contribution in [-0.4, -0.2) is 32.5 Å². The molecule has 0 spiro atoms. The molecular weight excluding hydrogens is 191 g/mol. The van der Waals surface area contributed by atoms with E-state index in [0.717, 1.165) is 0 Å². The van der Waals surface area contributed by atoms with E-state index in [1.165, 1.54) is 0 Å². The summed E-state index contributed by atoms with van der Waals surface area (Å²) < 4.78 is 16.5. The molecule has 4 heteroatoms. The Morgan fingerprint density at radius 2 is 1.67 bits per heavy atom. The summed E-state index contributed by atoms with van der Waals surface area (Å²) in [7, 11) is 3.04. The summed E-state index contributed by atoms with van der Waals surface area (Å²) in [5, 5.41) is 0. The standard InChI is InChI=1S/C11H23BO3/c1-8-9-12(14-7)15-11(4,5)10(2,3)13-6/h8H,1,9H2,2-7H3. The van der Waals surface area contributed by atoms with Crippen molar-refractivity contribution in [3.63, 3.8) is 0 Å². The molecule has 0 rings (SSSR count). The third kappa shape index (κ3) is 3.97. The van der Waals surface area contributed by atoms with E-state index in [0.29, 0.717) is 6.32 Å². The number of rotatable bonds is 7. The van der Waals surface area contributed by atoms with Crippen LogP contribution in [-0.2, 0) is 14.0 Å². The highest BCUT2D eigenvalue weighted by Crippen LogP contribution is 2.29. The maximum absolute atomic E-state index is 5.86. The van der Waals surface area contributed by atoms with Crippen molar-refractivity contribution in [2.24, 2.45) is 0 Å². The third-order valence-electron chi connectivity index (χ3n) is 3.01. The van der Waals surface area contributed by atoms with Crippen LogP contribution in [0.15, 0.2) is 12.7 Å². The average Bonchev–Trinajstić information content (AvgIpc) is 2.16. The molecule has 0 aliphatic carbocycles. The maximum atomic E-state index is 5.86. The zero-order chi connectivity index (χ0) is 12.1. The zero-order valence-corrected chi connectivity index (χ0v) is 10.8. The molecule has 0 amide bonds. The topological polar surface area (TPSA) is 27.7 Å². The first kappa shape index (κ1) is 14.7. The van der Waals surface area contributed by atoms with E-state index in [1.807, 2.05) is 27.7 Å². The summed E-state index contributed by atoms with van der Waals surface area (Å²) in [6.45, 7) is 11.6. The fraction of sp³-hybridized carbons (Fsp3) is 0.818. The van der Waals surface area contributed by atoms with Crippen molar-refractivity contribution >= 4 is 7.12 Å². The molecule has 0 fully saturated rings. The highest BCUT2D eigenvalue weighted by Gasteiger charge is 2.40.